The molecule has 1 aliphatic carbocycles. The number of aromatic nitrogens is 2. The summed E-state index contributed by atoms with van der Waals surface area (Å²) in [5.74, 6) is 1.04. The van der Waals surface area contributed by atoms with Gasteiger partial charge in [-0.15, -0.1) is 0 Å². The number of hydrogen-bond donors (Lipinski definition) is 0. The zero-order chi connectivity index (χ0) is 13.7. The van der Waals surface area contributed by atoms with Gasteiger partial charge in [-0.05, 0) is 25.7 Å². The smallest absolute Gasteiger partial charge is 0.308 e. The van der Waals surface area contributed by atoms with Gasteiger partial charge in [0.2, 0.25) is 0 Å². The first kappa shape index (κ1) is 14.1. The number of ether oxygens (including phenoxy) is 2. The number of nitrogens with zero attached hydrogens (tertiary/aromatic N) is 2. The van der Waals surface area contributed by atoms with E-state index in [0.717, 1.165) is 37.9 Å². The van der Waals surface area contributed by atoms with Gasteiger partial charge in [0.05, 0.1) is 25.7 Å². The second-order valence-corrected chi connectivity index (χ2v) is 5.07. The second kappa shape index (κ2) is 6.70. The van der Waals surface area contributed by atoms with Crippen LogP contribution >= 0.6 is 0 Å². The van der Waals surface area contributed by atoms with Crippen molar-refractivity contribution in [3.05, 3.63) is 18.2 Å². The summed E-state index contributed by atoms with van der Waals surface area (Å²) >= 11 is 0. The summed E-state index contributed by atoms with van der Waals surface area (Å²) in [7, 11) is 3.45. The third-order valence-corrected chi connectivity index (χ3v) is 3.81. The normalized spacial score (nSPS) is 23.3. The lowest BCUT2D eigenvalue weighted by molar-refractivity contribution is -0.147. The molecule has 5 heteroatoms. The highest BCUT2D eigenvalue weighted by atomic mass is 16.5. The quantitative estimate of drug-likeness (QED) is 0.761. The van der Waals surface area contributed by atoms with E-state index in [4.69, 9.17) is 9.47 Å². The summed E-state index contributed by atoms with van der Waals surface area (Å²) in [6.07, 6.45) is 8.50. The Morgan fingerprint density at radius 2 is 2.16 bits per heavy atom. The topological polar surface area (TPSA) is 53.4 Å². The van der Waals surface area contributed by atoms with E-state index in [1.54, 1.807) is 6.20 Å². The molecule has 1 aliphatic rings. The fraction of sp³-hybridized carbons (Fsp3) is 0.714. The maximum absolute atomic E-state index is 11.4. The first-order valence-electron chi connectivity index (χ1n) is 6.86. The molecule has 5 nitrogen and oxygen atoms in total. The average molecular weight is 266 g/mol. The van der Waals surface area contributed by atoms with Crippen LogP contribution < -0.4 is 0 Å². The molecule has 0 saturated heterocycles. The average Bonchev–Trinajstić information content (AvgIpc) is 2.84. The van der Waals surface area contributed by atoms with Crippen LogP contribution in [0, 0.1) is 5.92 Å². The number of aryl methyl sites for hydroxylation is 1. The van der Waals surface area contributed by atoms with Crippen LogP contribution in [0.2, 0.25) is 0 Å². The monoisotopic (exact) mass is 266 g/mol. The van der Waals surface area contributed by atoms with Crippen LogP contribution in [0.3, 0.4) is 0 Å². The lowest BCUT2D eigenvalue weighted by Gasteiger charge is -2.26. The Bertz CT molecular complexity index is 409. The van der Waals surface area contributed by atoms with E-state index in [9.17, 15) is 4.79 Å². The minimum absolute atomic E-state index is 0.0689. The van der Waals surface area contributed by atoms with E-state index in [1.165, 1.54) is 7.11 Å². The maximum Gasteiger partial charge on any atom is 0.308 e. The molecular formula is C14H22N2O3. The highest BCUT2D eigenvalue weighted by Crippen LogP contribution is 2.27. The molecule has 1 heterocycles. The van der Waals surface area contributed by atoms with Gasteiger partial charge in [0.15, 0.2) is 0 Å². The Balaban J connectivity index is 1.66. The van der Waals surface area contributed by atoms with Gasteiger partial charge >= 0.3 is 5.97 Å². The van der Waals surface area contributed by atoms with Gasteiger partial charge in [-0.2, -0.15) is 0 Å². The van der Waals surface area contributed by atoms with E-state index >= 15 is 0 Å². The molecule has 106 valence electrons. The van der Waals surface area contributed by atoms with Crippen molar-refractivity contribution in [1.29, 1.82) is 0 Å². The third kappa shape index (κ3) is 3.80. The predicted octanol–water partition coefficient (Wildman–Crippen LogP) is 1.71. The molecule has 1 aromatic heterocycles. The van der Waals surface area contributed by atoms with Gasteiger partial charge in [-0.3, -0.25) is 4.79 Å². The number of carbonyl (C=O) groups is 1. The van der Waals surface area contributed by atoms with Crippen LogP contribution in [0.1, 0.15) is 31.5 Å². The second-order valence-electron chi connectivity index (χ2n) is 5.07. The van der Waals surface area contributed by atoms with Gasteiger partial charge in [0, 0.05) is 25.9 Å². The molecule has 0 amide bonds. The van der Waals surface area contributed by atoms with Crippen molar-refractivity contribution >= 4 is 5.97 Å². The van der Waals surface area contributed by atoms with E-state index < -0.39 is 0 Å². The Morgan fingerprint density at radius 3 is 2.74 bits per heavy atom. The van der Waals surface area contributed by atoms with Gasteiger partial charge in [0.25, 0.3) is 0 Å². The molecule has 0 bridgehead atoms. The van der Waals surface area contributed by atoms with Gasteiger partial charge in [-0.1, -0.05) is 0 Å². The summed E-state index contributed by atoms with van der Waals surface area (Å²) in [5, 5.41) is 0. The van der Waals surface area contributed by atoms with Crippen molar-refractivity contribution in [3.8, 4) is 0 Å². The van der Waals surface area contributed by atoms with Crippen LogP contribution in [0.4, 0.5) is 0 Å². The van der Waals surface area contributed by atoms with Crippen molar-refractivity contribution in [3.63, 3.8) is 0 Å². The van der Waals surface area contributed by atoms with Crippen LogP contribution in [0.5, 0.6) is 0 Å². The molecule has 19 heavy (non-hydrogen) atoms. The van der Waals surface area contributed by atoms with Crippen LogP contribution in [-0.2, 0) is 27.7 Å². The van der Waals surface area contributed by atoms with Gasteiger partial charge < -0.3 is 14.0 Å². The Hall–Kier alpha value is -1.36. The Labute approximate surface area is 113 Å². The number of imidazole rings is 1. The molecule has 0 aliphatic heterocycles. The zero-order valence-electron chi connectivity index (χ0n) is 11.7. The summed E-state index contributed by atoms with van der Waals surface area (Å²) in [4.78, 5) is 15.7. The number of esters is 1. The Kier molecular flexibility index (Phi) is 4.96. The Morgan fingerprint density at radius 1 is 1.42 bits per heavy atom. The van der Waals surface area contributed by atoms with Crippen LogP contribution in [0.15, 0.2) is 12.4 Å². The SMILES string of the molecule is COC(=O)C1CCC(OCCc2nccn2C)CC1. The lowest BCUT2D eigenvalue weighted by atomic mass is 9.87. The molecule has 0 aromatic carbocycles. The number of methoxy groups -OCH3 is 1. The number of rotatable bonds is 5. The van der Waals surface area contributed by atoms with E-state index in [-0.39, 0.29) is 18.0 Å². The van der Waals surface area contributed by atoms with E-state index in [2.05, 4.69) is 4.98 Å². The van der Waals surface area contributed by atoms with E-state index in [1.807, 2.05) is 17.8 Å². The first-order chi connectivity index (χ1) is 9.20. The summed E-state index contributed by atoms with van der Waals surface area (Å²) in [6, 6.07) is 0. The fourth-order valence-electron chi connectivity index (χ4n) is 2.59. The minimum Gasteiger partial charge on any atom is -0.469 e. The molecule has 0 atom stereocenters. The lowest BCUT2D eigenvalue weighted by Crippen LogP contribution is -2.27. The first-order valence-corrected chi connectivity index (χ1v) is 6.86. The largest absolute Gasteiger partial charge is 0.469 e. The fourth-order valence-corrected chi connectivity index (χ4v) is 2.59. The zero-order valence-corrected chi connectivity index (χ0v) is 11.7. The van der Waals surface area contributed by atoms with Gasteiger partial charge in [0.1, 0.15) is 5.82 Å². The summed E-state index contributed by atoms with van der Waals surface area (Å²) < 4.78 is 12.7. The highest BCUT2D eigenvalue weighted by Gasteiger charge is 2.27. The molecule has 1 fully saturated rings. The minimum atomic E-state index is -0.0774. The van der Waals surface area contributed by atoms with Crippen LogP contribution in [0.25, 0.3) is 0 Å². The molecule has 0 radical (unpaired) electrons. The maximum atomic E-state index is 11.4. The van der Waals surface area contributed by atoms with E-state index in [0.29, 0.717) is 6.61 Å². The van der Waals surface area contributed by atoms with Crippen molar-refractivity contribution < 1.29 is 14.3 Å². The van der Waals surface area contributed by atoms with Crippen molar-refractivity contribution in [1.82, 2.24) is 9.55 Å². The highest BCUT2D eigenvalue weighted by molar-refractivity contribution is 5.72. The predicted molar refractivity (Wildman–Crippen MR) is 70.6 cm³/mol. The van der Waals surface area contributed by atoms with Crippen molar-refractivity contribution in [2.45, 2.75) is 38.2 Å². The molecule has 1 aromatic rings. The molecule has 0 spiro atoms. The van der Waals surface area contributed by atoms with Crippen molar-refractivity contribution in [2.75, 3.05) is 13.7 Å². The molecule has 2 rings (SSSR count). The molecule has 1 saturated carbocycles. The summed E-state index contributed by atoms with van der Waals surface area (Å²) in [5.41, 5.74) is 0. The third-order valence-electron chi connectivity index (χ3n) is 3.81. The van der Waals surface area contributed by atoms with Crippen molar-refractivity contribution in [2.24, 2.45) is 13.0 Å². The van der Waals surface area contributed by atoms with Gasteiger partial charge in [-0.25, -0.2) is 4.98 Å². The molecule has 0 N–H and O–H groups in total. The molecular weight excluding hydrogens is 244 g/mol. The standard InChI is InChI=1S/C14H22N2O3/c1-16-9-8-15-13(16)7-10-19-12-5-3-11(4-6-12)14(17)18-2/h8-9,11-12H,3-7,10H2,1-2H3. The number of hydrogen-bond acceptors (Lipinski definition) is 4. The summed E-state index contributed by atoms with van der Waals surface area (Å²) in [6.45, 7) is 0.693. The molecule has 0 unspecified atom stereocenters. The van der Waals surface area contributed by atoms with Crippen LogP contribution in [-0.4, -0.2) is 35.3 Å². The number of carbonyl (C=O) groups excluding carboxylic acids is 1.